The topological polar surface area (TPSA) is 75.6 Å². The van der Waals surface area contributed by atoms with Crippen LogP contribution in [-0.4, -0.2) is 29.6 Å². The summed E-state index contributed by atoms with van der Waals surface area (Å²) in [7, 11) is 0. The number of hydrogen-bond acceptors (Lipinski definition) is 3. The lowest BCUT2D eigenvalue weighted by Crippen LogP contribution is -2.41. The van der Waals surface area contributed by atoms with Crippen LogP contribution in [0.2, 0.25) is 0 Å². The van der Waals surface area contributed by atoms with Gasteiger partial charge in [-0.25, -0.2) is 4.79 Å². The lowest BCUT2D eigenvalue weighted by atomic mass is 9.95. The number of carboxylic acids is 1. The molecule has 2 rings (SSSR count). The van der Waals surface area contributed by atoms with Gasteiger partial charge in [0.2, 0.25) is 5.91 Å². The van der Waals surface area contributed by atoms with Crippen LogP contribution < -0.4 is 5.32 Å². The summed E-state index contributed by atoms with van der Waals surface area (Å²) in [5, 5.41) is 11.7. The van der Waals surface area contributed by atoms with Crippen molar-refractivity contribution >= 4 is 11.9 Å². The number of fused-ring (bicyclic) bond motifs is 1. The summed E-state index contributed by atoms with van der Waals surface area (Å²) in [4.78, 5) is 23.3. The maximum Gasteiger partial charge on any atom is 0.326 e. The van der Waals surface area contributed by atoms with Gasteiger partial charge in [-0.2, -0.15) is 0 Å². The van der Waals surface area contributed by atoms with E-state index >= 15 is 0 Å². The predicted molar refractivity (Wildman–Crippen MR) is 82.5 cm³/mol. The zero-order valence-electron chi connectivity index (χ0n) is 12.5. The van der Waals surface area contributed by atoms with Gasteiger partial charge >= 0.3 is 5.97 Å². The van der Waals surface area contributed by atoms with Crippen LogP contribution in [0.4, 0.5) is 0 Å². The second-order valence-corrected chi connectivity index (χ2v) is 5.34. The van der Waals surface area contributed by atoms with Crippen LogP contribution >= 0.6 is 0 Å². The summed E-state index contributed by atoms with van der Waals surface area (Å²) in [6, 6.07) is 7.00. The average molecular weight is 303 g/mol. The Morgan fingerprint density at radius 3 is 2.95 bits per heavy atom. The lowest BCUT2D eigenvalue weighted by Gasteiger charge is -2.26. The number of rotatable bonds is 7. The summed E-state index contributed by atoms with van der Waals surface area (Å²) in [6.07, 6.45) is 3.19. The van der Waals surface area contributed by atoms with Crippen molar-refractivity contribution in [2.24, 2.45) is 0 Å². The molecule has 0 aromatic heterocycles. The van der Waals surface area contributed by atoms with Gasteiger partial charge in [-0.05, 0) is 30.4 Å². The minimum atomic E-state index is -1.03. The summed E-state index contributed by atoms with van der Waals surface area (Å²) in [5.41, 5.74) is 2.20. The van der Waals surface area contributed by atoms with Crippen molar-refractivity contribution in [2.75, 3.05) is 6.61 Å². The van der Waals surface area contributed by atoms with E-state index in [1.54, 1.807) is 6.08 Å². The maximum absolute atomic E-state index is 12.1. The normalized spacial score (nSPS) is 18.1. The SMILES string of the molecule is C=CCCC(NC(=O)CC1OCCc2ccccc21)C(=O)O. The fourth-order valence-electron chi connectivity index (χ4n) is 2.61. The van der Waals surface area contributed by atoms with Crippen LogP contribution in [-0.2, 0) is 20.7 Å². The Labute approximate surface area is 130 Å². The number of benzene rings is 1. The number of carbonyl (C=O) groups is 2. The molecular formula is C17H21NO4. The van der Waals surface area contributed by atoms with Crippen molar-refractivity contribution in [2.45, 2.75) is 37.8 Å². The first-order valence-corrected chi connectivity index (χ1v) is 7.44. The van der Waals surface area contributed by atoms with Gasteiger partial charge in [0.25, 0.3) is 0 Å². The molecule has 1 aliphatic heterocycles. The largest absolute Gasteiger partial charge is 0.480 e. The maximum atomic E-state index is 12.1. The van der Waals surface area contributed by atoms with Crippen molar-refractivity contribution in [3.05, 3.63) is 48.0 Å². The van der Waals surface area contributed by atoms with Gasteiger partial charge in [0.05, 0.1) is 19.1 Å². The van der Waals surface area contributed by atoms with E-state index in [2.05, 4.69) is 11.9 Å². The first-order valence-electron chi connectivity index (χ1n) is 7.44. The van der Waals surface area contributed by atoms with Crippen molar-refractivity contribution in [3.8, 4) is 0 Å². The van der Waals surface area contributed by atoms with Crippen molar-refractivity contribution in [1.82, 2.24) is 5.32 Å². The number of allylic oxidation sites excluding steroid dienone is 1. The number of hydrogen-bond donors (Lipinski definition) is 2. The molecule has 2 unspecified atom stereocenters. The van der Waals surface area contributed by atoms with E-state index < -0.39 is 12.0 Å². The van der Waals surface area contributed by atoms with Crippen LogP contribution in [0.5, 0.6) is 0 Å². The average Bonchev–Trinajstić information content (AvgIpc) is 2.51. The Hall–Kier alpha value is -2.14. The summed E-state index contributed by atoms with van der Waals surface area (Å²) in [6.45, 7) is 4.14. The molecule has 5 nitrogen and oxygen atoms in total. The number of nitrogens with one attached hydrogen (secondary N) is 1. The van der Waals surface area contributed by atoms with Crippen LogP contribution in [0.3, 0.4) is 0 Å². The highest BCUT2D eigenvalue weighted by Gasteiger charge is 2.25. The van der Waals surface area contributed by atoms with Crippen LogP contribution in [0.1, 0.15) is 36.5 Å². The van der Waals surface area contributed by atoms with Gasteiger partial charge in [-0.1, -0.05) is 30.3 Å². The smallest absolute Gasteiger partial charge is 0.326 e. The molecule has 0 saturated carbocycles. The van der Waals surface area contributed by atoms with E-state index in [9.17, 15) is 9.59 Å². The number of aliphatic carboxylic acids is 1. The molecule has 2 N–H and O–H groups in total. The predicted octanol–water partition coefficient (Wildman–Crippen LogP) is 2.23. The second-order valence-electron chi connectivity index (χ2n) is 5.34. The lowest BCUT2D eigenvalue weighted by molar-refractivity contribution is -0.142. The number of carboxylic acid groups (broad SMARTS) is 1. The highest BCUT2D eigenvalue weighted by molar-refractivity contribution is 5.83. The van der Waals surface area contributed by atoms with E-state index in [0.29, 0.717) is 19.4 Å². The molecule has 0 spiro atoms. The van der Waals surface area contributed by atoms with Crippen molar-refractivity contribution < 1.29 is 19.4 Å². The molecule has 1 heterocycles. The van der Waals surface area contributed by atoms with Gasteiger partial charge in [-0.3, -0.25) is 4.79 Å². The molecule has 2 atom stereocenters. The van der Waals surface area contributed by atoms with Crippen LogP contribution in [0.25, 0.3) is 0 Å². The van der Waals surface area contributed by atoms with Gasteiger partial charge in [-0.15, -0.1) is 6.58 Å². The van der Waals surface area contributed by atoms with Gasteiger partial charge in [0.15, 0.2) is 0 Å². The third-order valence-corrected chi connectivity index (χ3v) is 3.76. The van der Waals surface area contributed by atoms with Crippen molar-refractivity contribution in [1.29, 1.82) is 0 Å². The van der Waals surface area contributed by atoms with Gasteiger partial charge in [0.1, 0.15) is 6.04 Å². The Kier molecular flexibility index (Phi) is 5.72. The first-order chi connectivity index (χ1) is 10.6. The summed E-state index contributed by atoms with van der Waals surface area (Å²) >= 11 is 0. The quantitative estimate of drug-likeness (QED) is 0.757. The summed E-state index contributed by atoms with van der Waals surface area (Å²) < 4.78 is 5.67. The molecule has 5 heteroatoms. The monoisotopic (exact) mass is 303 g/mol. The Morgan fingerprint density at radius 1 is 1.45 bits per heavy atom. The minimum absolute atomic E-state index is 0.134. The first kappa shape index (κ1) is 16.2. The fraction of sp³-hybridized carbons (Fsp3) is 0.412. The molecular weight excluding hydrogens is 282 g/mol. The Morgan fingerprint density at radius 2 is 2.23 bits per heavy atom. The highest BCUT2D eigenvalue weighted by atomic mass is 16.5. The van der Waals surface area contributed by atoms with Gasteiger partial charge in [0, 0.05) is 0 Å². The fourth-order valence-corrected chi connectivity index (χ4v) is 2.61. The number of ether oxygens (including phenoxy) is 1. The molecule has 1 amide bonds. The van der Waals surface area contributed by atoms with E-state index in [1.807, 2.05) is 24.3 Å². The Balaban J connectivity index is 1.97. The molecule has 0 aliphatic carbocycles. The Bertz CT molecular complexity index is 555. The molecule has 1 aliphatic rings. The molecule has 0 radical (unpaired) electrons. The molecule has 1 aromatic carbocycles. The molecule has 1 aromatic rings. The molecule has 118 valence electrons. The van der Waals surface area contributed by atoms with E-state index in [4.69, 9.17) is 9.84 Å². The zero-order chi connectivity index (χ0) is 15.9. The molecule has 0 saturated heterocycles. The van der Waals surface area contributed by atoms with Crippen LogP contribution in [0.15, 0.2) is 36.9 Å². The highest BCUT2D eigenvalue weighted by Crippen LogP contribution is 2.29. The van der Waals surface area contributed by atoms with Crippen molar-refractivity contribution in [3.63, 3.8) is 0 Å². The third-order valence-electron chi connectivity index (χ3n) is 3.76. The minimum Gasteiger partial charge on any atom is -0.480 e. The molecule has 0 bridgehead atoms. The molecule has 0 fully saturated rings. The van der Waals surface area contributed by atoms with Gasteiger partial charge < -0.3 is 15.2 Å². The van der Waals surface area contributed by atoms with E-state index in [0.717, 1.165) is 12.0 Å². The third kappa shape index (κ3) is 4.18. The zero-order valence-corrected chi connectivity index (χ0v) is 12.5. The van der Waals surface area contributed by atoms with Crippen LogP contribution in [0, 0.1) is 0 Å². The van der Waals surface area contributed by atoms with E-state index in [-0.39, 0.29) is 18.4 Å². The molecule has 22 heavy (non-hydrogen) atoms. The number of amides is 1. The summed E-state index contributed by atoms with van der Waals surface area (Å²) in [5.74, 6) is -1.33. The standard InChI is InChI=1S/C17H21NO4/c1-2-3-8-14(17(20)21)18-16(19)11-15-13-7-5-4-6-12(13)9-10-22-15/h2,4-7,14-15H,1,3,8-11H2,(H,18,19)(H,20,21). The number of carbonyl (C=O) groups excluding carboxylic acids is 1. The van der Waals surface area contributed by atoms with E-state index in [1.165, 1.54) is 5.56 Å². The second kappa shape index (κ2) is 7.75.